The van der Waals surface area contributed by atoms with Crippen LogP contribution in [-0.4, -0.2) is 32.9 Å². The third kappa shape index (κ3) is 3.09. The van der Waals surface area contributed by atoms with Crippen molar-refractivity contribution in [2.75, 3.05) is 25.5 Å². The highest BCUT2D eigenvalue weighted by Gasteiger charge is 2.21. The lowest BCUT2D eigenvalue weighted by Crippen LogP contribution is -2.28. The summed E-state index contributed by atoms with van der Waals surface area (Å²) in [5.74, 6) is 0. The number of nitrogens with one attached hydrogen (secondary N) is 1. The van der Waals surface area contributed by atoms with Gasteiger partial charge in [0, 0.05) is 25.8 Å². The molecular formula is C14H22N2O2S. The lowest BCUT2D eigenvalue weighted by Gasteiger charge is -2.21. The first-order valence-corrected chi connectivity index (χ1v) is 8.33. The molecule has 2 rings (SSSR count). The van der Waals surface area contributed by atoms with Gasteiger partial charge in [-0.25, -0.2) is 12.7 Å². The number of unbranched alkanes of at least 4 members (excludes halogenated alkanes) is 1. The smallest absolute Gasteiger partial charge is 0.242 e. The molecule has 0 bridgehead atoms. The number of anilines is 1. The molecule has 0 spiro atoms. The zero-order valence-electron chi connectivity index (χ0n) is 11.6. The predicted molar refractivity (Wildman–Crippen MR) is 78.0 cm³/mol. The Morgan fingerprint density at radius 2 is 2.16 bits per heavy atom. The Kier molecular flexibility index (Phi) is 4.47. The van der Waals surface area contributed by atoms with Crippen LogP contribution in [0.1, 0.15) is 31.7 Å². The van der Waals surface area contributed by atoms with Crippen molar-refractivity contribution >= 4 is 15.7 Å². The maximum Gasteiger partial charge on any atom is 0.242 e. The Morgan fingerprint density at radius 3 is 2.89 bits per heavy atom. The van der Waals surface area contributed by atoms with E-state index in [-0.39, 0.29) is 0 Å². The summed E-state index contributed by atoms with van der Waals surface area (Å²) in [4.78, 5) is 0.411. The number of sulfonamides is 1. The molecule has 1 aromatic carbocycles. The van der Waals surface area contributed by atoms with Crippen LogP contribution in [0.25, 0.3) is 0 Å². The van der Waals surface area contributed by atoms with Gasteiger partial charge < -0.3 is 5.32 Å². The summed E-state index contributed by atoms with van der Waals surface area (Å²) in [6, 6.07) is 5.41. The van der Waals surface area contributed by atoms with Gasteiger partial charge in [-0.3, -0.25) is 0 Å². The van der Waals surface area contributed by atoms with Crippen molar-refractivity contribution in [2.24, 2.45) is 0 Å². The predicted octanol–water partition coefficient (Wildman–Crippen LogP) is 2.47. The molecule has 0 radical (unpaired) electrons. The Bertz CT molecular complexity index is 540. The Balaban J connectivity index is 2.25. The molecule has 0 saturated carbocycles. The van der Waals surface area contributed by atoms with Crippen LogP contribution in [-0.2, 0) is 16.4 Å². The fourth-order valence-corrected chi connectivity index (χ4v) is 3.55. The summed E-state index contributed by atoms with van der Waals surface area (Å²) in [6.45, 7) is 3.61. The zero-order chi connectivity index (χ0) is 13.9. The van der Waals surface area contributed by atoms with Crippen molar-refractivity contribution in [2.45, 2.75) is 37.5 Å². The van der Waals surface area contributed by atoms with E-state index < -0.39 is 10.0 Å². The Labute approximate surface area is 115 Å². The van der Waals surface area contributed by atoms with Gasteiger partial charge in [-0.05, 0) is 43.0 Å². The van der Waals surface area contributed by atoms with Crippen LogP contribution in [0, 0.1) is 0 Å². The number of aryl methyl sites for hydroxylation is 1. The molecular weight excluding hydrogens is 260 g/mol. The van der Waals surface area contributed by atoms with Gasteiger partial charge in [0.25, 0.3) is 0 Å². The lowest BCUT2D eigenvalue weighted by molar-refractivity contribution is 0.459. The van der Waals surface area contributed by atoms with E-state index in [0.29, 0.717) is 11.4 Å². The zero-order valence-corrected chi connectivity index (χ0v) is 12.5. The van der Waals surface area contributed by atoms with Crippen LogP contribution in [0.2, 0.25) is 0 Å². The van der Waals surface area contributed by atoms with Crippen LogP contribution >= 0.6 is 0 Å². The first-order valence-electron chi connectivity index (χ1n) is 6.89. The highest BCUT2D eigenvalue weighted by Crippen LogP contribution is 2.26. The minimum atomic E-state index is -3.34. The van der Waals surface area contributed by atoms with Crippen LogP contribution < -0.4 is 5.32 Å². The third-order valence-corrected chi connectivity index (χ3v) is 5.40. The second-order valence-corrected chi connectivity index (χ2v) is 7.07. The number of nitrogens with zero attached hydrogens (tertiary/aromatic N) is 1. The second kappa shape index (κ2) is 5.92. The molecule has 1 aliphatic heterocycles. The average molecular weight is 282 g/mol. The maximum atomic E-state index is 12.4. The van der Waals surface area contributed by atoms with Crippen LogP contribution in [0.3, 0.4) is 0 Å². The van der Waals surface area contributed by atoms with Gasteiger partial charge in [0.15, 0.2) is 0 Å². The summed E-state index contributed by atoms with van der Waals surface area (Å²) in [6.07, 6.45) is 3.89. The molecule has 0 fully saturated rings. The molecule has 1 aromatic rings. The molecule has 0 unspecified atom stereocenters. The van der Waals surface area contributed by atoms with Crippen molar-refractivity contribution in [3.05, 3.63) is 23.8 Å². The van der Waals surface area contributed by atoms with Crippen molar-refractivity contribution in [1.82, 2.24) is 4.31 Å². The average Bonchev–Trinajstić information content (AvgIpc) is 2.44. The van der Waals surface area contributed by atoms with Crippen LogP contribution in [0.5, 0.6) is 0 Å². The number of hydrogen-bond acceptors (Lipinski definition) is 3. The molecule has 1 aliphatic rings. The Hall–Kier alpha value is -1.07. The summed E-state index contributed by atoms with van der Waals surface area (Å²) < 4.78 is 26.3. The highest BCUT2D eigenvalue weighted by atomic mass is 32.2. The van der Waals surface area contributed by atoms with E-state index in [1.165, 1.54) is 4.31 Å². The first kappa shape index (κ1) is 14.3. The van der Waals surface area contributed by atoms with Gasteiger partial charge in [0.1, 0.15) is 0 Å². The van der Waals surface area contributed by atoms with Crippen LogP contribution in [0.15, 0.2) is 23.1 Å². The van der Waals surface area contributed by atoms with Crippen molar-refractivity contribution in [3.8, 4) is 0 Å². The minimum Gasteiger partial charge on any atom is -0.385 e. The SMILES string of the molecule is CCCCN(C)S(=O)(=O)c1ccc2c(c1)CCCN2. The molecule has 19 heavy (non-hydrogen) atoms. The van der Waals surface area contributed by atoms with E-state index >= 15 is 0 Å². The summed E-state index contributed by atoms with van der Waals surface area (Å²) in [5, 5.41) is 3.30. The minimum absolute atomic E-state index is 0.411. The fraction of sp³-hybridized carbons (Fsp3) is 0.571. The van der Waals surface area contributed by atoms with E-state index in [1.54, 1.807) is 13.1 Å². The number of rotatable bonds is 5. The van der Waals surface area contributed by atoms with E-state index in [1.807, 2.05) is 12.1 Å². The van der Waals surface area contributed by atoms with Crippen molar-refractivity contribution < 1.29 is 8.42 Å². The monoisotopic (exact) mass is 282 g/mol. The molecule has 0 aromatic heterocycles. The topological polar surface area (TPSA) is 49.4 Å². The number of fused-ring (bicyclic) bond motifs is 1. The fourth-order valence-electron chi connectivity index (χ4n) is 2.29. The molecule has 1 N–H and O–H groups in total. The van der Waals surface area contributed by atoms with Crippen molar-refractivity contribution in [3.63, 3.8) is 0 Å². The highest BCUT2D eigenvalue weighted by molar-refractivity contribution is 7.89. The second-order valence-electron chi connectivity index (χ2n) is 5.03. The third-order valence-electron chi connectivity index (χ3n) is 3.55. The van der Waals surface area contributed by atoms with Gasteiger partial charge >= 0.3 is 0 Å². The van der Waals surface area contributed by atoms with Gasteiger partial charge in [-0.2, -0.15) is 0 Å². The summed E-state index contributed by atoms with van der Waals surface area (Å²) in [7, 11) is -1.68. The standard InChI is InChI=1S/C14H22N2O2S/c1-3-4-10-16(2)19(17,18)13-7-8-14-12(11-13)6-5-9-15-14/h7-8,11,15H,3-6,9-10H2,1-2H3. The van der Waals surface area contributed by atoms with E-state index in [2.05, 4.69) is 12.2 Å². The molecule has 1 heterocycles. The number of benzene rings is 1. The molecule has 5 heteroatoms. The molecule has 106 valence electrons. The van der Waals surface area contributed by atoms with Crippen LogP contribution in [0.4, 0.5) is 5.69 Å². The lowest BCUT2D eigenvalue weighted by atomic mass is 10.0. The van der Waals surface area contributed by atoms with E-state index in [0.717, 1.165) is 43.5 Å². The molecule has 0 aliphatic carbocycles. The molecule has 0 saturated heterocycles. The van der Waals surface area contributed by atoms with E-state index in [4.69, 9.17) is 0 Å². The van der Waals surface area contributed by atoms with Gasteiger partial charge in [-0.1, -0.05) is 13.3 Å². The maximum absolute atomic E-state index is 12.4. The first-order chi connectivity index (χ1) is 9.05. The van der Waals surface area contributed by atoms with Gasteiger partial charge in [0.2, 0.25) is 10.0 Å². The van der Waals surface area contributed by atoms with Gasteiger partial charge in [0.05, 0.1) is 4.90 Å². The molecule has 0 atom stereocenters. The summed E-state index contributed by atoms with van der Waals surface area (Å²) in [5.41, 5.74) is 2.18. The van der Waals surface area contributed by atoms with E-state index in [9.17, 15) is 8.42 Å². The molecule has 0 amide bonds. The van der Waals surface area contributed by atoms with Gasteiger partial charge in [-0.15, -0.1) is 0 Å². The normalized spacial score (nSPS) is 15.1. The summed E-state index contributed by atoms with van der Waals surface area (Å²) >= 11 is 0. The quantitative estimate of drug-likeness (QED) is 0.902. The Morgan fingerprint density at radius 1 is 1.37 bits per heavy atom. The largest absolute Gasteiger partial charge is 0.385 e. The van der Waals surface area contributed by atoms with Crippen molar-refractivity contribution in [1.29, 1.82) is 0 Å². The number of hydrogen-bond donors (Lipinski definition) is 1. The molecule has 4 nitrogen and oxygen atoms in total.